The summed E-state index contributed by atoms with van der Waals surface area (Å²) in [6, 6.07) is 13.3. The third kappa shape index (κ3) is 4.12. The van der Waals surface area contributed by atoms with Crippen molar-refractivity contribution >= 4 is 38.2 Å². The predicted octanol–water partition coefficient (Wildman–Crippen LogP) is 5.00. The Bertz CT molecular complexity index is 1490. The first-order valence-corrected chi connectivity index (χ1v) is 12.2. The van der Waals surface area contributed by atoms with E-state index in [0.29, 0.717) is 12.0 Å². The topological polar surface area (TPSA) is 81.3 Å². The molecule has 0 fully saturated rings. The number of benzene rings is 2. The molecule has 0 spiro atoms. The Morgan fingerprint density at radius 3 is 2.65 bits per heavy atom. The molecule has 3 heterocycles. The van der Waals surface area contributed by atoms with Crippen LogP contribution in [0.4, 0.5) is 0 Å². The predicted molar refractivity (Wildman–Crippen MR) is 135 cm³/mol. The van der Waals surface area contributed by atoms with E-state index in [1.807, 2.05) is 48.9 Å². The molecule has 2 aromatic carbocycles. The number of fused-ring (bicyclic) bond motifs is 3. The minimum absolute atomic E-state index is 0.110. The number of amides is 1. The molecule has 0 atom stereocenters. The molecule has 172 valence electrons. The second kappa shape index (κ2) is 9.23. The molecule has 0 aliphatic rings. The molecule has 0 unspecified atom stereocenters. The van der Waals surface area contributed by atoms with Gasteiger partial charge in [-0.3, -0.25) is 14.0 Å². The highest BCUT2D eigenvalue weighted by atomic mass is 32.1. The van der Waals surface area contributed by atoms with E-state index >= 15 is 0 Å². The Hall–Kier alpha value is -3.78. The quantitative estimate of drug-likeness (QED) is 0.323. The number of thiazole rings is 1. The number of aryl methyl sites for hydroxylation is 2. The summed E-state index contributed by atoms with van der Waals surface area (Å²) in [4.78, 5) is 34.5. The Morgan fingerprint density at radius 1 is 1.09 bits per heavy atom. The van der Waals surface area contributed by atoms with Crippen LogP contribution in [0.25, 0.3) is 26.4 Å². The number of nitrogens with zero attached hydrogens (tertiary/aromatic N) is 4. The lowest BCUT2D eigenvalue weighted by molar-refractivity contribution is 0.0959. The molecule has 0 bridgehead atoms. The van der Waals surface area contributed by atoms with Crippen molar-refractivity contribution in [2.75, 3.05) is 7.05 Å². The second-order valence-electron chi connectivity index (χ2n) is 8.14. The maximum absolute atomic E-state index is 12.8. The van der Waals surface area contributed by atoms with E-state index in [2.05, 4.69) is 26.2 Å². The third-order valence-electron chi connectivity index (χ3n) is 6.01. The summed E-state index contributed by atoms with van der Waals surface area (Å²) in [7, 11) is 1.62. The van der Waals surface area contributed by atoms with E-state index in [9.17, 15) is 9.59 Å². The SMILES string of the molecule is CCc1nccn1CCCC(=O)c1ccc2c(c1)sc1nc(-c3ccc(C(=O)NC)cc3)cn12. The van der Waals surface area contributed by atoms with E-state index in [4.69, 9.17) is 4.98 Å². The number of hydrogen-bond donors (Lipinski definition) is 1. The summed E-state index contributed by atoms with van der Waals surface area (Å²) in [6.07, 6.45) is 7.97. The number of carbonyl (C=O) groups is 2. The van der Waals surface area contributed by atoms with Crippen molar-refractivity contribution in [3.8, 4) is 11.3 Å². The van der Waals surface area contributed by atoms with Crippen molar-refractivity contribution < 1.29 is 9.59 Å². The van der Waals surface area contributed by atoms with Crippen molar-refractivity contribution in [2.24, 2.45) is 0 Å². The molecule has 0 aliphatic carbocycles. The fourth-order valence-corrected chi connectivity index (χ4v) is 5.21. The van der Waals surface area contributed by atoms with Gasteiger partial charge in [0.05, 0.1) is 15.9 Å². The van der Waals surface area contributed by atoms with Crippen molar-refractivity contribution in [1.82, 2.24) is 24.3 Å². The molecule has 0 saturated carbocycles. The van der Waals surface area contributed by atoms with E-state index in [0.717, 1.165) is 57.2 Å². The number of hydrogen-bond acceptors (Lipinski definition) is 5. The minimum Gasteiger partial charge on any atom is -0.355 e. The fourth-order valence-electron chi connectivity index (χ4n) is 4.16. The van der Waals surface area contributed by atoms with Crippen LogP contribution < -0.4 is 5.32 Å². The van der Waals surface area contributed by atoms with Crippen molar-refractivity contribution in [2.45, 2.75) is 32.7 Å². The molecule has 7 nitrogen and oxygen atoms in total. The van der Waals surface area contributed by atoms with Crippen LogP contribution in [-0.2, 0) is 13.0 Å². The van der Waals surface area contributed by atoms with Crippen LogP contribution in [0.2, 0.25) is 0 Å². The van der Waals surface area contributed by atoms with Gasteiger partial charge in [0.15, 0.2) is 10.7 Å². The van der Waals surface area contributed by atoms with Gasteiger partial charge < -0.3 is 9.88 Å². The van der Waals surface area contributed by atoms with Crippen LogP contribution in [-0.4, -0.2) is 37.7 Å². The summed E-state index contributed by atoms with van der Waals surface area (Å²) < 4.78 is 5.22. The second-order valence-corrected chi connectivity index (χ2v) is 9.15. The van der Waals surface area contributed by atoms with Crippen molar-refractivity contribution in [3.05, 3.63) is 78.0 Å². The van der Waals surface area contributed by atoms with Gasteiger partial charge in [-0.15, -0.1) is 0 Å². The van der Waals surface area contributed by atoms with Crippen molar-refractivity contribution in [3.63, 3.8) is 0 Å². The number of aromatic nitrogens is 4. The molecule has 8 heteroatoms. The first-order chi connectivity index (χ1) is 16.6. The number of carbonyl (C=O) groups excluding carboxylic acids is 2. The van der Waals surface area contributed by atoms with Crippen LogP contribution in [0.3, 0.4) is 0 Å². The zero-order valence-corrected chi connectivity index (χ0v) is 19.9. The molecule has 5 aromatic rings. The van der Waals surface area contributed by atoms with E-state index < -0.39 is 0 Å². The average molecular weight is 472 g/mol. The summed E-state index contributed by atoms with van der Waals surface area (Å²) in [5.74, 6) is 1.10. The Morgan fingerprint density at radius 2 is 1.88 bits per heavy atom. The Labute approximate surface area is 201 Å². The minimum atomic E-state index is -0.110. The lowest BCUT2D eigenvalue weighted by Crippen LogP contribution is -2.17. The maximum Gasteiger partial charge on any atom is 0.251 e. The third-order valence-corrected chi connectivity index (χ3v) is 7.02. The lowest BCUT2D eigenvalue weighted by atomic mass is 10.1. The van der Waals surface area contributed by atoms with E-state index in [-0.39, 0.29) is 11.7 Å². The first kappa shape index (κ1) is 22.0. The number of rotatable bonds is 8. The molecule has 1 N–H and O–H groups in total. The average Bonchev–Trinajstić information content (AvgIpc) is 3.57. The van der Waals surface area contributed by atoms with E-state index in [1.165, 1.54) is 0 Å². The Balaban J connectivity index is 1.32. The maximum atomic E-state index is 12.8. The molecule has 5 rings (SSSR count). The molecular weight excluding hydrogens is 446 g/mol. The largest absolute Gasteiger partial charge is 0.355 e. The standard InChI is InChI=1S/C26H25N5O2S/c1-3-24-28-12-14-30(24)13-4-5-22(32)19-10-11-21-23(15-19)34-26-29-20(16-31(21)26)17-6-8-18(9-7-17)25(33)27-2/h6-12,14-16H,3-5,13H2,1-2H3,(H,27,33). The molecule has 1 amide bonds. The van der Waals surface area contributed by atoms with E-state index in [1.54, 1.807) is 30.5 Å². The highest BCUT2D eigenvalue weighted by Crippen LogP contribution is 2.30. The number of Topliss-reactive ketones (excluding diaryl/α,β-unsaturated/α-hetero) is 1. The van der Waals surface area contributed by atoms with Gasteiger partial charge in [-0.1, -0.05) is 30.4 Å². The summed E-state index contributed by atoms with van der Waals surface area (Å²) in [5, 5.41) is 2.63. The number of nitrogens with one attached hydrogen (secondary N) is 1. The van der Waals surface area contributed by atoms with Crippen LogP contribution in [0.1, 0.15) is 46.3 Å². The van der Waals surface area contributed by atoms with Gasteiger partial charge in [0.2, 0.25) is 0 Å². The van der Waals surface area contributed by atoms with Crippen LogP contribution in [0.15, 0.2) is 61.1 Å². The molecule has 34 heavy (non-hydrogen) atoms. The van der Waals surface area contributed by atoms with Crippen LogP contribution >= 0.6 is 11.3 Å². The van der Waals surface area contributed by atoms with Crippen LogP contribution in [0, 0.1) is 0 Å². The highest BCUT2D eigenvalue weighted by molar-refractivity contribution is 7.23. The summed E-state index contributed by atoms with van der Waals surface area (Å²) in [6.45, 7) is 2.89. The van der Waals surface area contributed by atoms with Gasteiger partial charge in [0.25, 0.3) is 5.91 Å². The smallest absolute Gasteiger partial charge is 0.251 e. The number of ketones is 1. The van der Waals surface area contributed by atoms with Gasteiger partial charge in [0, 0.05) is 61.7 Å². The van der Waals surface area contributed by atoms with Gasteiger partial charge in [0.1, 0.15) is 5.82 Å². The van der Waals surface area contributed by atoms with Crippen molar-refractivity contribution in [1.29, 1.82) is 0 Å². The van der Waals surface area contributed by atoms with Gasteiger partial charge in [-0.25, -0.2) is 9.97 Å². The molecule has 3 aromatic heterocycles. The van der Waals surface area contributed by atoms with Gasteiger partial charge in [-0.05, 0) is 36.8 Å². The highest BCUT2D eigenvalue weighted by Gasteiger charge is 2.14. The molecule has 0 radical (unpaired) electrons. The Kier molecular flexibility index (Phi) is 5.98. The summed E-state index contributed by atoms with van der Waals surface area (Å²) in [5.41, 5.74) is 4.19. The normalized spacial score (nSPS) is 11.4. The first-order valence-electron chi connectivity index (χ1n) is 11.3. The molecule has 0 aliphatic heterocycles. The molecular formula is C26H25N5O2S. The summed E-state index contributed by atoms with van der Waals surface area (Å²) >= 11 is 1.57. The zero-order valence-electron chi connectivity index (χ0n) is 19.1. The van der Waals surface area contributed by atoms with Gasteiger partial charge in [-0.2, -0.15) is 0 Å². The fraction of sp³-hybridized carbons (Fsp3) is 0.231. The monoisotopic (exact) mass is 471 g/mol. The zero-order chi connectivity index (χ0) is 23.7. The molecule has 0 saturated heterocycles. The van der Waals surface area contributed by atoms with Gasteiger partial charge >= 0.3 is 0 Å². The van der Waals surface area contributed by atoms with Crippen LogP contribution in [0.5, 0.6) is 0 Å². The lowest BCUT2D eigenvalue weighted by Gasteiger charge is -2.06. The number of imidazole rings is 2.